The lowest BCUT2D eigenvalue weighted by atomic mass is 10.1. The Morgan fingerprint density at radius 2 is 1.88 bits per heavy atom. The molecule has 164 valence electrons. The van der Waals surface area contributed by atoms with E-state index in [0.717, 1.165) is 43.6 Å². The Morgan fingerprint density at radius 1 is 1.09 bits per heavy atom. The van der Waals surface area contributed by atoms with Crippen LogP contribution in [-0.2, 0) is 0 Å². The smallest absolute Gasteiger partial charge is 0.168 e. The quantitative estimate of drug-likeness (QED) is 0.339. The lowest BCUT2D eigenvalue weighted by Crippen LogP contribution is -2.43. The maximum Gasteiger partial charge on any atom is 0.168 e. The van der Waals surface area contributed by atoms with E-state index >= 15 is 0 Å². The highest BCUT2D eigenvalue weighted by Gasteiger charge is 2.10. The second-order valence-electron chi connectivity index (χ2n) is 7.46. The van der Waals surface area contributed by atoms with Crippen molar-refractivity contribution in [1.82, 2.24) is 19.9 Å². The summed E-state index contributed by atoms with van der Waals surface area (Å²) in [5.41, 5.74) is 11.7. The molecule has 1 fully saturated rings. The first kappa shape index (κ1) is 21.3. The van der Waals surface area contributed by atoms with Gasteiger partial charge >= 0.3 is 0 Å². The molecule has 1 saturated heterocycles. The zero-order valence-electron chi connectivity index (χ0n) is 18.0. The van der Waals surface area contributed by atoms with Crippen LogP contribution in [0.1, 0.15) is 10.5 Å². The number of hydrogen-bond acceptors (Lipinski definition) is 7. The molecule has 32 heavy (non-hydrogen) atoms. The molecule has 0 atom stereocenters. The van der Waals surface area contributed by atoms with Crippen LogP contribution in [0.25, 0.3) is 16.8 Å². The van der Waals surface area contributed by atoms with Gasteiger partial charge in [0, 0.05) is 62.0 Å². The van der Waals surface area contributed by atoms with E-state index in [-0.39, 0.29) is 0 Å². The Bertz CT molecular complexity index is 1180. The number of fused-ring (bicyclic) bond motifs is 1. The number of nitrogens with zero attached hydrogens (tertiary/aromatic N) is 4. The van der Waals surface area contributed by atoms with E-state index in [4.69, 9.17) is 5.73 Å². The van der Waals surface area contributed by atoms with Crippen molar-refractivity contribution < 1.29 is 4.79 Å². The van der Waals surface area contributed by atoms with Crippen LogP contribution in [0, 0.1) is 0 Å². The number of nitrogens with one attached hydrogen (secondary N) is 2. The van der Waals surface area contributed by atoms with Gasteiger partial charge in [-0.1, -0.05) is 12.1 Å². The van der Waals surface area contributed by atoms with Crippen LogP contribution in [-0.4, -0.2) is 54.1 Å². The van der Waals surface area contributed by atoms with E-state index in [9.17, 15) is 4.79 Å². The summed E-state index contributed by atoms with van der Waals surface area (Å²) in [5.74, 6) is 0. The van der Waals surface area contributed by atoms with E-state index in [0.29, 0.717) is 17.0 Å². The van der Waals surface area contributed by atoms with E-state index in [1.165, 1.54) is 11.4 Å². The summed E-state index contributed by atoms with van der Waals surface area (Å²) >= 11 is 0. The molecule has 5 rings (SSSR count). The molecule has 0 radical (unpaired) electrons. The third-order valence-corrected chi connectivity index (χ3v) is 5.35. The first-order chi connectivity index (χ1) is 15.7. The summed E-state index contributed by atoms with van der Waals surface area (Å²) in [5, 5.41) is 10.7. The summed E-state index contributed by atoms with van der Waals surface area (Å²) < 4.78 is 1.63. The number of hydrogen-bond donors (Lipinski definition) is 3. The summed E-state index contributed by atoms with van der Waals surface area (Å²) in [7, 11) is 1.94. The van der Waals surface area contributed by atoms with Gasteiger partial charge in [0.25, 0.3) is 0 Å². The van der Waals surface area contributed by atoms with Gasteiger partial charge in [-0.05, 0) is 48.0 Å². The van der Waals surface area contributed by atoms with Crippen molar-refractivity contribution in [3.8, 4) is 11.1 Å². The number of benzene rings is 2. The molecule has 0 amide bonds. The minimum atomic E-state index is 0.383. The first-order valence-corrected chi connectivity index (χ1v) is 10.6. The van der Waals surface area contributed by atoms with Gasteiger partial charge in [0.05, 0.1) is 6.20 Å². The molecule has 2 aromatic heterocycles. The normalized spacial score (nSPS) is 13.3. The molecule has 0 aliphatic carbocycles. The van der Waals surface area contributed by atoms with Gasteiger partial charge in [0.1, 0.15) is 5.69 Å². The molecule has 0 saturated carbocycles. The van der Waals surface area contributed by atoms with Gasteiger partial charge < -0.3 is 21.3 Å². The molecule has 4 N–H and O–H groups in total. The maximum absolute atomic E-state index is 10.8. The van der Waals surface area contributed by atoms with Crippen molar-refractivity contribution in [3.05, 3.63) is 72.7 Å². The highest BCUT2D eigenvalue weighted by Crippen LogP contribution is 2.24. The largest absolute Gasteiger partial charge is 0.399 e. The predicted molar refractivity (Wildman–Crippen MR) is 129 cm³/mol. The van der Waals surface area contributed by atoms with Crippen molar-refractivity contribution in [2.75, 3.05) is 49.2 Å². The number of aldehydes is 1. The van der Waals surface area contributed by atoms with Gasteiger partial charge in [-0.15, -0.1) is 0 Å². The number of piperazine rings is 1. The van der Waals surface area contributed by atoms with E-state index in [1.54, 1.807) is 23.0 Å². The van der Waals surface area contributed by atoms with Crippen LogP contribution in [0.4, 0.5) is 17.1 Å². The first-order valence-electron chi connectivity index (χ1n) is 10.6. The molecule has 8 heteroatoms. The molecule has 8 nitrogen and oxygen atoms in total. The highest BCUT2D eigenvalue weighted by molar-refractivity contribution is 5.81. The maximum atomic E-state index is 10.8. The molecule has 2 aromatic carbocycles. The Labute approximate surface area is 187 Å². The van der Waals surface area contributed by atoms with Crippen molar-refractivity contribution in [1.29, 1.82) is 0 Å². The molecule has 1 aliphatic heterocycles. The average molecular weight is 430 g/mol. The number of carbonyl (C=O) groups excluding carboxylic acids is 1. The number of carbonyl (C=O) groups is 1. The molecular weight excluding hydrogens is 402 g/mol. The van der Waals surface area contributed by atoms with E-state index in [1.807, 2.05) is 31.3 Å². The monoisotopic (exact) mass is 429 g/mol. The number of anilines is 3. The molecule has 3 heterocycles. The number of nitrogens with two attached hydrogens (primary N) is 1. The van der Waals surface area contributed by atoms with E-state index < -0.39 is 0 Å². The Balaban J connectivity index is 0.000000158. The fourth-order valence-electron chi connectivity index (χ4n) is 3.62. The van der Waals surface area contributed by atoms with Crippen LogP contribution in [0.5, 0.6) is 0 Å². The van der Waals surface area contributed by atoms with Crippen molar-refractivity contribution in [2.24, 2.45) is 0 Å². The zero-order valence-corrected chi connectivity index (χ0v) is 18.0. The molecule has 0 spiro atoms. The SMILES string of the molecule is CNc1ccc(N2CCNCC2)cc1.Nc1cccc(-c2cnn3ccc(C=O)nc23)c1. The fourth-order valence-corrected chi connectivity index (χ4v) is 3.62. The summed E-state index contributed by atoms with van der Waals surface area (Å²) in [6.07, 6.45) is 4.14. The van der Waals surface area contributed by atoms with Crippen molar-refractivity contribution >= 4 is 29.0 Å². The van der Waals surface area contributed by atoms with Crippen LogP contribution >= 0.6 is 0 Å². The molecule has 0 bridgehead atoms. The van der Waals surface area contributed by atoms with Crippen LogP contribution in [0.3, 0.4) is 0 Å². The highest BCUT2D eigenvalue weighted by atomic mass is 16.1. The summed E-state index contributed by atoms with van der Waals surface area (Å²) in [6.45, 7) is 4.40. The molecule has 1 aliphatic rings. The Kier molecular flexibility index (Phi) is 6.62. The second-order valence-corrected chi connectivity index (χ2v) is 7.46. The van der Waals surface area contributed by atoms with E-state index in [2.05, 4.69) is 49.9 Å². The summed E-state index contributed by atoms with van der Waals surface area (Å²) in [6, 6.07) is 17.7. The predicted octanol–water partition coefficient (Wildman–Crippen LogP) is 2.93. The number of nitrogen functional groups attached to an aromatic ring is 1. The topological polar surface area (TPSA) is 101 Å². The van der Waals surface area contributed by atoms with Crippen molar-refractivity contribution in [2.45, 2.75) is 0 Å². The lowest BCUT2D eigenvalue weighted by Gasteiger charge is -2.29. The van der Waals surface area contributed by atoms with Gasteiger partial charge in [0.15, 0.2) is 11.9 Å². The average Bonchev–Trinajstić information content (AvgIpc) is 3.28. The molecular formula is C24H27N7O. The number of aromatic nitrogens is 3. The minimum absolute atomic E-state index is 0.383. The Morgan fingerprint density at radius 3 is 2.56 bits per heavy atom. The van der Waals surface area contributed by atoms with Gasteiger partial charge in [-0.25, -0.2) is 9.50 Å². The number of rotatable bonds is 4. The minimum Gasteiger partial charge on any atom is -0.399 e. The van der Waals surface area contributed by atoms with Gasteiger partial charge in [-0.3, -0.25) is 4.79 Å². The third kappa shape index (κ3) is 4.87. The van der Waals surface area contributed by atoms with Gasteiger partial charge in [0.2, 0.25) is 0 Å². The third-order valence-electron chi connectivity index (χ3n) is 5.35. The zero-order chi connectivity index (χ0) is 22.3. The fraction of sp³-hybridized carbons (Fsp3) is 0.208. The van der Waals surface area contributed by atoms with Crippen LogP contribution in [0.2, 0.25) is 0 Å². The lowest BCUT2D eigenvalue weighted by molar-refractivity contribution is 0.111. The molecule has 0 unspecified atom stereocenters. The van der Waals surface area contributed by atoms with Crippen LogP contribution < -0.4 is 21.3 Å². The second kappa shape index (κ2) is 9.93. The van der Waals surface area contributed by atoms with Gasteiger partial charge in [-0.2, -0.15) is 5.10 Å². The molecule has 4 aromatic rings. The standard InChI is InChI=1S/C13H10N4O.C11H17N3/c14-10-3-1-2-9(6-10)12-7-15-17-5-4-11(8-18)16-13(12)17;1-12-10-2-4-11(5-3-10)14-8-6-13-7-9-14/h1-8H,14H2;2-5,12-13H,6-9H2,1H3. The summed E-state index contributed by atoms with van der Waals surface area (Å²) in [4.78, 5) is 17.4. The Hall–Kier alpha value is -3.91. The van der Waals surface area contributed by atoms with Crippen LogP contribution in [0.15, 0.2) is 67.0 Å². The van der Waals surface area contributed by atoms with Crippen molar-refractivity contribution in [3.63, 3.8) is 0 Å².